The molecule has 21 heavy (non-hydrogen) atoms. The molecule has 2 N–H and O–H groups in total. The van der Waals surface area contributed by atoms with Gasteiger partial charge in [-0.25, -0.2) is 27.0 Å². The van der Waals surface area contributed by atoms with Crippen molar-refractivity contribution < 1.29 is 27.1 Å². The molecule has 1 heterocycles. The smallest absolute Gasteiger partial charge is 0.339 e. The zero-order valence-corrected chi connectivity index (χ0v) is 11.1. The molecule has 0 radical (unpaired) electrons. The number of nitrogens with one attached hydrogen (secondary N) is 1. The molecule has 0 spiro atoms. The van der Waals surface area contributed by atoms with Gasteiger partial charge >= 0.3 is 5.97 Å². The van der Waals surface area contributed by atoms with E-state index >= 15 is 0 Å². The molecule has 0 atom stereocenters. The second-order valence-electron chi connectivity index (χ2n) is 3.88. The lowest BCUT2D eigenvalue weighted by molar-refractivity contribution is 0.0697. The number of nitrogens with zero attached hydrogens (tertiary/aromatic N) is 1. The molecular formula is C12H8F2N2O4S. The summed E-state index contributed by atoms with van der Waals surface area (Å²) in [5, 5.41) is 8.92. The van der Waals surface area contributed by atoms with E-state index in [0.29, 0.717) is 12.1 Å². The van der Waals surface area contributed by atoms with E-state index < -0.39 is 43.9 Å². The second kappa shape index (κ2) is 5.44. The Labute approximate surface area is 118 Å². The number of hydrogen-bond donors (Lipinski definition) is 2. The van der Waals surface area contributed by atoms with Crippen LogP contribution in [0.15, 0.2) is 41.4 Å². The van der Waals surface area contributed by atoms with Crippen molar-refractivity contribution in [2.75, 3.05) is 4.72 Å². The van der Waals surface area contributed by atoms with Crippen LogP contribution in [0.1, 0.15) is 10.4 Å². The summed E-state index contributed by atoms with van der Waals surface area (Å²) in [5.74, 6) is -4.03. The SMILES string of the molecule is O=C(O)c1cccnc1NS(=O)(=O)c1cc(F)ccc1F. The van der Waals surface area contributed by atoms with E-state index in [9.17, 15) is 22.0 Å². The van der Waals surface area contributed by atoms with Crippen LogP contribution in [0, 0.1) is 11.6 Å². The van der Waals surface area contributed by atoms with Crippen LogP contribution >= 0.6 is 0 Å². The molecule has 0 bridgehead atoms. The normalized spacial score (nSPS) is 11.1. The molecule has 2 aromatic rings. The predicted octanol–water partition coefficient (Wildman–Crippen LogP) is 1.86. The highest BCUT2D eigenvalue weighted by atomic mass is 32.2. The number of carboxylic acids is 1. The summed E-state index contributed by atoms with van der Waals surface area (Å²) in [5.41, 5.74) is -0.419. The van der Waals surface area contributed by atoms with Gasteiger partial charge in [-0.2, -0.15) is 0 Å². The van der Waals surface area contributed by atoms with Gasteiger partial charge in [0.1, 0.15) is 22.1 Å². The average molecular weight is 314 g/mol. The molecule has 1 aromatic heterocycles. The van der Waals surface area contributed by atoms with Gasteiger partial charge in [-0.15, -0.1) is 0 Å². The van der Waals surface area contributed by atoms with E-state index in [2.05, 4.69) is 4.98 Å². The predicted molar refractivity (Wildman–Crippen MR) is 68.4 cm³/mol. The van der Waals surface area contributed by atoms with E-state index in [1.807, 2.05) is 4.72 Å². The third-order valence-corrected chi connectivity index (χ3v) is 3.81. The number of rotatable bonds is 4. The first-order chi connectivity index (χ1) is 9.81. The van der Waals surface area contributed by atoms with Gasteiger partial charge < -0.3 is 5.11 Å². The molecule has 0 aliphatic heterocycles. The van der Waals surface area contributed by atoms with Crippen molar-refractivity contribution in [2.24, 2.45) is 0 Å². The molecule has 0 saturated carbocycles. The monoisotopic (exact) mass is 314 g/mol. The number of anilines is 1. The summed E-state index contributed by atoms with van der Waals surface area (Å²) in [7, 11) is -4.51. The minimum absolute atomic E-state index is 0.419. The molecule has 0 unspecified atom stereocenters. The van der Waals surface area contributed by atoms with E-state index in [0.717, 1.165) is 18.3 Å². The van der Waals surface area contributed by atoms with Crippen LogP contribution < -0.4 is 4.72 Å². The zero-order chi connectivity index (χ0) is 15.6. The Balaban J connectivity index is 2.48. The fourth-order valence-electron chi connectivity index (χ4n) is 1.52. The molecule has 6 nitrogen and oxygen atoms in total. The minimum atomic E-state index is -4.51. The van der Waals surface area contributed by atoms with Crippen molar-refractivity contribution in [3.63, 3.8) is 0 Å². The summed E-state index contributed by atoms with van der Waals surface area (Å²) < 4.78 is 52.4. The highest BCUT2D eigenvalue weighted by molar-refractivity contribution is 7.92. The van der Waals surface area contributed by atoms with Gasteiger partial charge in [0, 0.05) is 6.20 Å². The quantitative estimate of drug-likeness (QED) is 0.898. The summed E-state index contributed by atoms with van der Waals surface area (Å²) in [6.07, 6.45) is 1.16. The molecule has 1 aromatic carbocycles. The lowest BCUT2D eigenvalue weighted by Gasteiger charge is -2.10. The highest BCUT2D eigenvalue weighted by Crippen LogP contribution is 2.20. The first kappa shape index (κ1) is 14.9. The Kier molecular flexibility index (Phi) is 3.85. The number of halogens is 2. The maximum absolute atomic E-state index is 13.5. The number of sulfonamides is 1. The molecule has 0 aliphatic carbocycles. The number of aromatic nitrogens is 1. The number of aromatic carboxylic acids is 1. The summed E-state index contributed by atoms with van der Waals surface area (Å²) in [4.78, 5) is 13.6. The molecule has 0 saturated heterocycles. The van der Waals surface area contributed by atoms with Crippen LogP contribution in [0.5, 0.6) is 0 Å². The van der Waals surface area contributed by atoms with Gasteiger partial charge in [-0.05, 0) is 30.3 Å². The van der Waals surface area contributed by atoms with Crippen molar-refractivity contribution in [2.45, 2.75) is 4.90 Å². The van der Waals surface area contributed by atoms with Gasteiger partial charge in [0.2, 0.25) is 0 Å². The van der Waals surface area contributed by atoms with E-state index in [4.69, 9.17) is 5.11 Å². The number of benzene rings is 1. The fraction of sp³-hybridized carbons (Fsp3) is 0. The first-order valence-electron chi connectivity index (χ1n) is 5.47. The number of carboxylic acid groups (broad SMARTS) is 1. The van der Waals surface area contributed by atoms with Crippen molar-refractivity contribution in [1.82, 2.24) is 4.98 Å². The molecular weight excluding hydrogens is 306 g/mol. The maximum atomic E-state index is 13.5. The van der Waals surface area contributed by atoms with Crippen molar-refractivity contribution in [3.05, 3.63) is 53.7 Å². The van der Waals surface area contributed by atoms with Crippen LogP contribution in [0.3, 0.4) is 0 Å². The van der Waals surface area contributed by atoms with Gasteiger partial charge in [-0.1, -0.05) is 0 Å². The third kappa shape index (κ3) is 3.14. The molecule has 9 heteroatoms. The van der Waals surface area contributed by atoms with Crippen molar-refractivity contribution >= 4 is 21.8 Å². The van der Waals surface area contributed by atoms with Crippen LogP contribution in [-0.4, -0.2) is 24.5 Å². The van der Waals surface area contributed by atoms with Crippen LogP contribution in [0.2, 0.25) is 0 Å². The lowest BCUT2D eigenvalue weighted by Crippen LogP contribution is -2.18. The Hall–Kier alpha value is -2.55. The topological polar surface area (TPSA) is 96.4 Å². The Bertz CT molecular complexity index is 809. The zero-order valence-electron chi connectivity index (χ0n) is 10.2. The van der Waals surface area contributed by atoms with E-state index in [1.165, 1.54) is 6.07 Å². The summed E-state index contributed by atoms with van der Waals surface area (Å²) >= 11 is 0. The lowest BCUT2D eigenvalue weighted by atomic mass is 10.3. The van der Waals surface area contributed by atoms with Gasteiger partial charge in [0.15, 0.2) is 5.82 Å². The Morgan fingerprint density at radius 1 is 1.24 bits per heavy atom. The summed E-state index contributed by atoms with van der Waals surface area (Å²) in [6.45, 7) is 0. The first-order valence-corrected chi connectivity index (χ1v) is 6.96. The van der Waals surface area contributed by atoms with Gasteiger partial charge in [0.05, 0.1) is 0 Å². The van der Waals surface area contributed by atoms with Gasteiger partial charge in [0.25, 0.3) is 10.0 Å². The molecule has 0 amide bonds. The molecule has 0 aliphatic rings. The van der Waals surface area contributed by atoms with Gasteiger partial charge in [-0.3, -0.25) is 4.72 Å². The Morgan fingerprint density at radius 3 is 2.62 bits per heavy atom. The van der Waals surface area contributed by atoms with E-state index in [-0.39, 0.29) is 0 Å². The van der Waals surface area contributed by atoms with Crippen molar-refractivity contribution in [3.8, 4) is 0 Å². The molecule has 0 fully saturated rings. The maximum Gasteiger partial charge on any atom is 0.339 e. The van der Waals surface area contributed by atoms with Crippen LogP contribution in [0.4, 0.5) is 14.6 Å². The van der Waals surface area contributed by atoms with Crippen LogP contribution in [0.25, 0.3) is 0 Å². The summed E-state index contributed by atoms with van der Waals surface area (Å²) in [6, 6.07) is 4.32. The number of hydrogen-bond acceptors (Lipinski definition) is 4. The Morgan fingerprint density at radius 2 is 1.95 bits per heavy atom. The largest absolute Gasteiger partial charge is 0.478 e. The highest BCUT2D eigenvalue weighted by Gasteiger charge is 2.23. The van der Waals surface area contributed by atoms with E-state index in [1.54, 1.807) is 0 Å². The molecule has 2 rings (SSSR count). The second-order valence-corrected chi connectivity index (χ2v) is 5.54. The minimum Gasteiger partial charge on any atom is -0.478 e. The standard InChI is InChI=1S/C12H8F2N2O4S/c13-7-3-4-9(14)10(6-7)21(19,20)16-11-8(12(17)18)2-1-5-15-11/h1-6H,(H,15,16)(H,17,18). The average Bonchev–Trinajstić information content (AvgIpc) is 2.41. The van der Waals surface area contributed by atoms with Crippen molar-refractivity contribution in [1.29, 1.82) is 0 Å². The fourth-order valence-corrected chi connectivity index (χ4v) is 2.64. The molecule has 110 valence electrons. The number of carbonyl (C=O) groups is 1. The number of pyridine rings is 1. The third-order valence-electron chi connectivity index (χ3n) is 2.45. The van der Waals surface area contributed by atoms with Crippen LogP contribution in [-0.2, 0) is 10.0 Å².